The Bertz CT molecular complexity index is 764. The topological polar surface area (TPSA) is 49.8 Å². The summed E-state index contributed by atoms with van der Waals surface area (Å²) in [5.41, 5.74) is 1.21. The maximum Gasteiger partial charge on any atom is 0.227 e. The lowest BCUT2D eigenvalue weighted by molar-refractivity contribution is -0.131. The fourth-order valence-corrected chi connectivity index (χ4v) is 3.24. The van der Waals surface area contributed by atoms with Gasteiger partial charge in [0, 0.05) is 12.1 Å². The van der Waals surface area contributed by atoms with E-state index in [9.17, 15) is 18.7 Å². The molecule has 25 heavy (non-hydrogen) atoms. The highest BCUT2D eigenvalue weighted by Crippen LogP contribution is 2.33. The van der Waals surface area contributed by atoms with Crippen LogP contribution < -0.4 is 4.74 Å². The Kier molecular flexibility index (Phi) is 4.99. The Labute approximate surface area is 144 Å². The summed E-state index contributed by atoms with van der Waals surface area (Å²) in [5.74, 6) is -0.604. The average molecular weight is 347 g/mol. The van der Waals surface area contributed by atoms with E-state index in [2.05, 4.69) is 0 Å². The second-order valence-corrected chi connectivity index (χ2v) is 6.14. The summed E-state index contributed by atoms with van der Waals surface area (Å²) in [4.78, 5) is 14.3. The molecule has 1 amide bonds. The largest absolute Gasteiger partial charge is 0.496 e. The second kappa shape index (κ2) is 7.19. The predicted octanol–water partition coefficient (Wildman–Crippen LogP) is 2.85. The van der Waals surface area contributed by atoms with E-state index in [0.717, 1.165) is 5.56 Å². The molecule has 0 aliphatic carbocycles. The third-order valence-corrected chi connectivity index (χ3v) is 4.44. The van der Waals surface area contributed by atoms with E-state index in [1.54, 1.807) is 17.0 Å². The van der Waals surface area contributed by atoms with Crippen LogP contribution in [-0.4, -0.2) is 35.7 Å². The van der Waals surface area contributed by atoms with Crippen LogP contribution in [0.15, 0.2) is 42.5 Å². The number of benzene rings is 2. The van der Waals surface area contributed by atoms with Gasteiger partial charge in [-0.15, -0.1) is 0 Å². The van der Waals surface area contributed by atoms with Crippen molar-refractivity contribution < 1.29 is 23.4 Å². The molecule has 4 nitrogen and oxygen atoms in total. The monoisotopic (exact) mass is 347 g/mol. The molecule has 0 aromatic heterocycles. The Balaban J connectivity index is 1.82. The van der Waals surface area contributed by atoms with Crippen molar-refractivity contribution in [2.45, 2.75) is 25.0 Å². The highest BCUT2D eigenvalue weighted by Gasteiger charge is 2.35. The molecule has 1 aliphatic rings. The van der Waals surface area contributed by atoms with E-state index in [4.69, 9.17) is 4.74 Å². The van der Waals surface area contributed by atoms with Crippen LogP contribution in [0.5, 0.6) is 5.75 Å². The minimum absolute atomic E-state index is 0.0364. The van der Waals surface area contributed by atoms with Crippen LogP contribution in [-0.2, 0) is 11.2 Å². The van der Waals surface area contributed by atoms with Crippen LogP contribution in [0.2, 0.25) is 0 Å². The van der Waals surface area contributed by atoms with Crippen LogP contribution in [0, 0.1) is 11.6 Å². The summed E-state index contributed by atoms with van der Waals surface area (Å²) in [6, 6.07) is 9.58. The summed E-state index contributed by atoms with van der Waals surface area (Å²) >= 11 is 0. The van der Waals surface area contributed by atoms with Gasteiger partial charge in [-0.05, 0) is 42.3 Å². The number of amides is 1. The Morgan fingerprint density at radius 3 is 2.56 bits per heavy atom. The fourth-order valence-electron chi connectivity index (χ4n) is 3.24. The van der Waals surface area contributed by atoms with Crippen LogP contribution in [0.1, 0.15) is 23.6 Å². The normalized spacial score (nSPS) is 19.9. The highest BCUT2D eigenvalue weighted by molar-refractivity contribution is 5.80. The first kappa shape index (κ1) is 17.4. The molecule has 1 heterocycles. The van der Waals surface area contributed by atoms with Crippen molar-refractivity contribution in [2.75, 3.05) is 13.7 Å². The molecule has 6 heteroatoms. The minimum Gasteiger partial charge on any atom is -0.496 e. The lowest BCUT2D eigenvalue weighted by atomic mass is 10.0. The number of rotatable bonds is 4. The van der Waals surface area contributed by atoms with Crippen molar-refractivity contribution in [1.82, 2.24) is 4.90 Å². The lowest BCUT2D eigenvalue weighted by Crippen LogP contribution is -2.33. The third-order valence-electron chi connectivity index (χ3n) is 4.44. The number of aliphatic hydroxyl groups is 1. The summed E-state index contributed by atoms with van der Waals surface area (Å²) in [6.45, 7) is 0.193. The van der Waals surface area contributed by atoms with E-state index < -0.39 is 11.9 Å². The van der Waals surface area contributed by atoms with Crippen molar-refractivity contribution in [1.29, 1.82) is 0 Å². The number of carbonyl (C=O) groups is 1. The predicted molar refractivity (Wildman–Crippen MR) is 88.1 cm³/mol. The Morgan fingerprint density at radius 2 is 1.88 bits per heavy atom. The summed E-state index contributed by atoms with van der Waals surface area (Å²) in [6.07, 6.45) is -0.295. The van der Waals surface area contributed by atoms with Crippen molar-refractivity contribution in [3.05, 3.63) is 65.2 Å². The van der Waals surface area contributed by atoms with Gasteiger partial charge in [0.05, 0.1) is 25.7 Å². The van der Waals surface area contributed by atoms with Crippen LogP contribution >= 0.6 is 0 Å². The first-order valence-electron chi connectivity index (χ1n) is 8.03. The van der Waals surface area contributed by atoms with E-state index in [-0.39, 0.29) is 30.7 Å². The van der Waals surface area contributed by atoms with E-state index >= 15 is 0 Å². The molecule has 0 spiro atoms. The van der Waals surface area contributed by atoms with Crippen molar-refractivity contribution in [3.8, 4) is 5.75 Å². The van der Waals surface area contributed by atoms with Gasteiger partial charge < -0.3 is 14.7 Å². The van der Waals surface area contributed by atoms with Gasteiger partial charge in [-0.25, -0.2) is 8.78 Å². The maximum atomic E-state index is 13.5. The lowest BCUT2D eigenvalue weighted by Gasteiger charge is -2.25. The minimum atomic E-state index is -0.645. The van der Waals surface area contributed by atoms with Crippen molar-refractivity contribution in [3.63, 3.8) is 0 Å². The molecule has 2 atom stereocenters. The number of hydrogen-bond donors (Lipinski definition) is 1. The summed E-state index contributed by atoms with van der Waals surface area (Å²) < 4.78 is 31.8. The zero-order valence-electron chi connectivity index (χ0n) is 13.8. The molecule has 2 unspecified atom stereocenters. The van der Waals surface area contributed by atoms with Crippen molar-refractivity contribution in [2.24, 2.45) is 0 Å². The van der Waals surface area contributed by atoms with Gasteiger partial charge in [0.25, 0.3) is 0 Å². The Hall–Kier alpha value is -2.47. The Morgan fingerprint density at radius 1 is 1.20 bits per heavy atom. The molecule has 2 aromatic carbocycles. The smallest absolute Gasteiger partial charge is 0.227 e. The number of β-amino-alcohol motifs (C(OH)–C–C–N with tert-alkyl or cyclic N) is 1. The van der Waals surface area contributed by atoms with E-state index in [0.29, 0.717) is 17.7 Å². The molecule has 2 aromatic rings. The molecular formula is C19H19F2NO3. The van der Waals surface area contributed by atoms with Crippen molar-refractivity contribution >= 4 is 5.91 Å². The molecule has 1 saturated heterocycles. The quantitative estimate of drug-likeness (QED) is 0.925. The third kappa shape index (κ3) is 3.79. The number of halogens is 2. The molecule has 0 saturated carbocycles. The molecule has 1 N–H and O–H groups in total. The van der Waals surface area contributed by atoms with Gasteiger partial charge in [0.1, 0.15) is 17.4 Å². The number of aliphatic hydroxyl groups excluding tert-OH is 1. The van der Waals surface area contributed by atoms with Crippen LogP contribution in [0.25, 0.3) is 0 Å². The average Bonchev–Trinajstić information content (AvgIpc) is 2.98. The maximum absolute atomic E-state index is 13.5. The van der Waals surface area contributed by atoms with E-state index in [1.807, 2.05) is 0 Å². The van der Waals surface area contributed by atoms with Gasteiger partial charge in [-0.2, -0.15) is 0 Å². The first-order chi connectivity index (χ1) is 12.0. The first-order valence-corrected chi connectivity index (χ1v) is 8.03. The molecular weight excluding hydrogens is 328 g/mol. The number of ether oxygens (including phenoxy) is 1. The zero-order valence-corrected chi connectivity index (χ0v) is 13.8. The molecule has 1 fully saturated rings. The van der Waals surface area contributed by atoms with Gasteiger partial charge in [-0.1, -0.05) is 12.1 Å². The van der Waals surface area contributed by atoms with Crippen LogP contribution in [0.3, 0.4) is 0 Å². The van der Waals surface area contributed by atoms with E-state index in [1.165, 1.54) is 37.4 Å². The molecule has 132 valence electrons. The SMILES string of the molecule is COc1ccc(F)cc1CC(=O)N1CC(O)CC1c1ccc(F)cc1. The van der Waals surface area contributed by atoms with Gasteiger partial charge in [-0.3, -0.25) is 4.79 Å². The second-order valence-electron chi connectivity index (χ2n) is 6.14. The zero-order chi connectivity index (χ0) is 18.0. The van der Waals surface area contributed by atoms with Crippen LogP contribution in [0.4, 0.5) is 8.78 Å². The molecule has 0 radical (unpaired) electrons. The van der Waals surface area contributed by atoms with Gasteiger partial charge >= 0.3 is 0 Å². The number of carbonyl (C=O) groups excluding carboxylic acids is 1. The fraction of sp³-hybridized carbons (Fsp3) is 0.316. The summed E-state index contributed by atoms with van der Waals surface area (Å²) in [5, 5.41) is 9.99. The number of hydrogen-bond acceptors (Lipinski definition) is 3. The summed E-state index contributed by atoms with van der Waals surface area (Å²) in [7, 11) is 1.46. The standard InChI is InChI=1S/C19H19F2NO3/c1-25-18-7-6-15(21)8-13(18)9-19(24)22-11-16(23)10-17(22)12-2-4-14(20)5-3-12/h2-8,16-17,23H,9-11H2,1H3. The number of methoxy groups -OCH3 is 1. The van der Waals surface area contributed by atoms with Gasteiger partial charge in [0.15, 0.2) is 0 Å². The highest BCUT2D eigenvalue weighted by atomic mass is 19.1. The molecule has 1 aliphatic heterocycles. The number of nitrogens with zero attached hydrogens (tertiary/aromatic N) is 1. The van der Waals surface area contributed by atoms with Gasteiger partial charge in [0.2, 0.25) is 5.91 Å². The molecule has 3 rings (SSSR count). The number of likely N-dealkylation sites (tertiary alicyclic amines) is 1. The molecule has 0 bridgehead atoms.